The van der Waals surface area contributed by atoms with Crippen molar-refractivity contribution in [3.05, 3.63) is 107 Å². The van der Waals surface area contributed by atoms with Gasteiger partial charge in [0.2, 0.25) is 5.91 Å². The Bertz CT molecular complexity index is 1350. The average molecular weight is 537 g/mol. The van der Waals surface area contributed by atoms with Gasteiger partial charge in [-0.05, 0) is 60.6 Å². The molecule has 4 nitrogen and oxygen atoms in total. The van der Waals surface area contributed by atoms with Crippen molar-refractivity contribution in [3.8, 4) is 0 Å². The minimum Gasteiger partial charge on any atom is -0.339 e. The number of amides is 2. The number of para-hydroxylation sites is 1. The van der Waals surface area contributed by atoms with E-state index in [0.29, 0.717) is 30.3 Å². The lowest BCUT2D eigenvalue weighted by Gasteiger charge is -2.33. The van der Waals surface area contributed by atoms with Gasteiger partial charge in [-0.3, -0.25) is 9.59 Å². The number of hydrogen-bond acceptors (Lipinski definition) is 3. The largest absolute Gasteiger partial charge is 0.416 e. The van der Waals surface area contributed by atoms with Crippen LogP contribution in [0.4, 0.5) is 18.9 Å². The first-order chi connectivity index (χ1) is 18.3. The number of piperidine rings is 1. The van der Waals surface area contributed by atoms with Crippen molar-refractivity contribution in [2.75, 3.05) is 18.0 Å². The summed E-state index contributed by atoms with van der Waals surface area (Å²) in [5.41, 5.74) is 1.51. The molecule has 8 heteroatoms. The smallest absolute Gasteiger partial charge is 0.339 e. The van der Waals surface area contributed by atoms with E-state index in [4.69, 9.17) is 0 Å². The fraction of sp³-hybridized carbons (Fsp3) is 0.267. The summed E-state index contributed by atoms with van der Waals surface area (Å²) in [6.07, 6.45) is -0.300. The van der Waals surface area contributed by atoms with Gasteiger partial charge in [-0.2, -0.15) is 13.2 Å². The predicted octanol–water partition coefficient (Wildman–Crippen LogP) is 6.71. The number of alkyl halides is 3. The molecule has 0 N–H and O–H groups in total. The second kappa shape index (κ2) is 11.1. The summed E-state index contributed by atoms with van der Waals surface area (Å²) < 4.78 is 39.7. The fourth-order valence-corrected chi connectivity index (χ4v) is 5.98. The number of anilines is 1. The lowest BCUT2D eigenvalue weighted by atomic mass is 9.90. The Labute approximate surface area is 224 Å². The van der Waals surface area contributed by atoms with E-state index in [1.807, 2.05) is 30.3 Å². The van der Waals surface area contributed by atoms with Crippen molar-refractivity contribution >= 4 is 29.3 Å². The highest BCUT2D eigenvalue weighted by atomic mass is 32.2. The van der Waals surface area contributed by atoms with Gasteiger partial charge in [0.05, 0.1) is 22.7 Å². The van der Waals surface area contributed by atoms with Gasteiger partial charge < -0.3 is 9.80 Å². The number of carbonyl (C=O) groups excluding carboxylic acids is 2. The maximum Gasteiger partial charge on any atom is 0.416 e. The van der Waals surface area contributed by atoms with Crippen LogP contribution in [0.5, 0.6) is 0 Å². The zero-order valence-electron chi connectivity index (χ0n) is 20.7. The maximum atomic E-state index is 13.5. The molecule has 2 heterocycles. The third kappa shape index (κ3) is 5.96. The van der Waals surface area contributed by atoms with E-state index in [0.717, 1.165) is 36.3 Å². The van der Waals surface area contributed by atoms with Crippen molar-refractivity contribution in [2.24, 2.45) is 5.92 Å². The van der Waals surface area contributed by atoms with E-state index in [1.54, 1.807) is 23.1 Å². The van der Waals surface area contributed by atoms with E-state index in [-0.39, 0.29) is 17.4 Å². The zero-order chi connectivity index (χ0) is 26.7. The number of likely N-dealkylation sites (tertiary alicyclic amines) is 1. The number of benzene rings is 3. The molecule has 1 fully saturated rings. The van der Waals surface area contributed by atoms with Gasteiger partial charge in [0.25, 0.3) is 5.91 Å². The fourth-order valence-electron chi connectivity index (χ4n) is 4.96. The van der Waals surface area contributed by atoms with E-state index in [2.05, 4.69) is 12.1 Å². The number of rotatable bonds is 5. The molecule has 2 aliphatic heterocycles. The molecular formula is C30H27F3N2O2S. The third-order valence-corrected chi connectivity index (χ3v) is 8.05. The topological polar surface area (TPSA) is 40.6 Å². The molecule has 0 radical (unpaired) electrons. The molecule has 0 unspecified atom stereocenters. The summed E-state index contributed by atoms with van der Waals surface area (Å²) in [7, 11) is 0. The van der Waals surface area contributed by atoms with Gasteiger partial charge in [0.1, 0.15) is 0 Å². The van der Waals surface area contributed by atoms with E-state index >= 15 is 0 Å². The molecule has 0 atom stereocenters. The molecule has 196 valence electrons. The molecule has 2 amide bonds. The third-order valence-electron chi connectivity index (χ3n) is 6.97. The summed E-state index contributed by atoms with van der Waals surface area (Å²) in [5.74, 6) is -0.0922. The van der Waals surface area contributed by atoms with Crippen molar-refractivity contribution < 1.29 is 22.8 Å². The molecule has 0 aromatic heterocycles. The van der Waals surface area contributed by atoms with Crippen LogP contribution in [-0.2, 0) is 28.7 Å². The maximum absolute atomic E-state index is 13.5. The monoisotopic (exact) mass is 536 g/mol. The van der Waals surface area contributed by atoms with Gasteiger partial charge in [-0.15, -0.1) is 0 Å². The van der Waals surface area contributed by atoms with Crippen LogP contribution >= 0.6 is 11.8 Å². The first kappa shape index (κ1) is 26.1. The minimum atomic E-state index is -4.47. The summed E-state index contributed by atoms with van der Waals surface area (Å²) in [6, 6.07) is 22.5. The van der Waals surface area contributed by atoms with Crippen molar-refractivity contribution in [1.29, 1.82) is 0 Å². The van der Waals surface area contributed by atoms with Crippen LogP contribution < -0.4 is 4.90 Å². The molecule has 3 aromatic carbocycles. The zero-order valence-corrected chi connectivity index (χ0v) is 21.5. The molecule has 0 spiro atoms. The molecule has 5 rings (SSSR count). The lowest BCUT2D eigenvalue weighted by Crippen LogP contribution is -2.39. The van der Waals surface area contributed by atoms with Crippen LogP contribution in [0.15, 0.2) is 94.7 Å². The normalized spacial score (nSPS) is 17.6. The number of hydrogen-bond donors (Lipinski definition) is 0. The Morgan fingerprint density at radius 2 is 1.61 bits per heavy atom. The Morgan fingerprint density at radius 1 is 0.921 bits per heavy atom. The quantitative estimate of drug-likeness (QED) is 0.341. The van der Waals surface area contributed by atoms with Crippen LogP contribution in [-0.4, -0.2) is 29.8 Å². The van der Waals surface area contributed by atoms with Gasteiger partial charge >= 0.3 is 6.18 Å². The van der Waals surface area contributed by atoms with E-state index in [1.165, 1.54) is 34.4 Å². The molecule has 0 saturated carbocycles. The Kier molecular flexibility index (Phi) is 7.61. The molecule has 0 aliphatic carbocycles. The highest BCUT2D eigenvalue weighted by molar-refractivity contribution is 8.04. The Morgan fingerprint density at radius 3 is 2.34 bits per heavy atom. The number of halogens is 3. The number of nitrogens with zero attached hydrogens (tertiary/aromatic N) is 2. The van der Waals surface area contributed by atoms with Gasteiger partial charge in [0.15, 0.2) is 0 Å². The van der Waals surface area contributed by atoms with Crippen LogP contribution in [0.2, 0.25) is 0 Å². The highest BCUT2D eigenvalue weighted by Gasteiger charge is 2.33. The summed E-state index contributed by atoms with van der Waals surface area (Å²) in [4.78, 5) is 30.9. The SMILES string of the molecule is O=C(/C=C1/Sc2ccccc2N(Cc2cccc(C(F)(F)F)c2)C1=O)N1CCC(Cc2ccccc2)CC1. The summed E-state index contributed by atoms with van der Waals surface area (Å²) in [6.45, 7) is 1.23. The first-order valence-corrected chi connectivity index (χ1v) is 13.4. The lowest BCUT2D eigenvalue weighted by molar-refractivity contribution is -0.137. The Hall–Kier alpha value is -3.52. The number of fused-ring (bicyclic) bond motifs is 1. The summed E-state index contributed by atoms with van der Waals surface area (Å²) >= 11 is 1.22. The van der Waals surface area contributed by atoms with Gasteiger partial charge in [-0.1, -0.05) is 66.4 Å². The van der Waals surface area contributed by atoms with Crippen LogP contribution in [0.1, 0.15) is 29.5 Å². The second-order valence-electron chi connectivity index (χ2n) is 9.63. The Balaban J connectivity index is 1.31. The van der Waals surface area contributed by atoms with Crippen molar-refractivity contribution in [3.63, 3.8) is 0 Å². The molecule has 1 saturated heterocycles. The van der Waals surface area contributed by atoms with Crippen LogP contribution in [0.25, 0.3) is 0 Å². The predicted molar refractivity (Wildman–Crippen MR) is 142 cm³/mol. The van der Waals surface area contributed by atoms with Crippen LogP contribution in [0, 0.1) is 5.92 Å². The van der Waals surface area contributed by atoms with E-state index < -0.39 is 17.6 Å². The first-order valence-electron chi connectivity index (χ1n) is 12.6. The highest BCUT2D eigenvalue weighted by Crippen LogP contribution is 2.42. The van der Waals surface area contributed by atoms with Gasteiger partial charge in [0, 0.05) is 24.1 Å². The standard InChI is InChI=1S/C30H27F3N2O2S/c31-30(32,33)24-10-6-9-23(18-24)20-35-25-11-4-5-12-26(25)38-27(29(35)37)19-28(36)34-15-13-22(14-16-34)17-21-7-2-1-3-8-21/h1-12,18-19,22H,13-17,20H2/b27-19+. The molecule has 2 aliphatic rings. The van der Waals surface area contributed by atoms with Crippen molar-refractivity contribution in [2.45, 2.75) is 36.9 Å². The molecule has 38 heavy (non-hydrogen) atoms. The average Bonchev–Trinajstić information content (AvgIpc) is 2.91. The van der Waals surface area contributed by atoms with Crippen molar-refractivity contribution in [1.82, 2.24) is 4.90 Å². The molecule has 3 aromatic rings. The minimum absolute atomic E-state index is 0.0310. The van der Waals surface area contributed by atoms with Crippen LogP contribution in [0.3, 0.4) is 0 Å². The molecular weight excluding hydrogens is 509 g/mol. The second-order valence-corrected chi connectivity index (χ2v) is 10.7. The van der Waals surface area contributed by atoms with E-state index in [9.17, 15) is 22.8 Å². The molecule has 0 bridgehead atoms. The number of thioether (sulfide) groups is 1. The summed E-state index contributed by atoms with van der Waals surface area (Å²) in [5, 5.41) is 0. The number of carbonyl (C=O) groups is 2. The van der Waals surface area contributed by atoms with Gasteiger partial charge in [-0.25, -0.2) is 0 Å².